The molecule has 1 amide bonds. The van der Waals surface area contributed by atoms with Gasteiger partial charge in [-0.05, 0) is 38.9 Å². The maximum atomic E-state index is 12.6. The third-order valence-corrected chi connectivity index (χ3v) is 6.64. The average Bonchev–Trinajstić information content (AvgIpc) is 2.94. The second-order valence-corrected chi connectivity index (χ2v) is 8.51. The number of piperidine rings is 1. The predicted molar refractivity (Wildman–Crippen MR) is 86.7 cm³/mol. The highest BCUT2D eigenvalue weighted by Gasteiger charge is 2.29. The molecule has 20 heavy (non-hydrogen) atoms. The molecule has 1 aromatic heterocycles. The average molecular weight is 332 g/mol. The Labute approximate surface area is 133 Å². The van der Waals surface area contributed by atoms with Gasteiger partial charge in [-0.3, -0.25) is 4.79 Å². The first-order valence-corrected chi connectivity index (χ1v) is 9.92. The van der Waals surface area contributed by atoms with Crippen molar-refractivity contribution in [2.45, 2.75) is 59.5 Å². The Balaban J connectivity index is 1.96. The Kier molecular flexibility index (Phi) is 6.17. The lowest BCUT2D eigenvalue weighted by molar-refractivity contribution is -0.134. The molecule has 2 atom stereocenters. The van der Waals surface area contributed by atoms with Gasteiger partial charge in [0, 0.05) is 12.6 Å². The Morgan fingerprint density at radius 1 is 1.45 bits per heavy atom. The SMILES string of the molecule is CCC1CCCCN1C(=O)C(C)Sc1nnc(SC)s1. The van der Waals surface area contributed by atoms with Crippen LogP contribution in [-0.2, 0) is 4.79 Å². The molecule has 4 nitrogen and oxygen atoms in total. The van der Waals surface area contributed by atoms with E-state index in [1.807, 2.05) is 13.2 Å². The minimum Gasteiger partial charge on any atom is -0.339 e. The second-order valence-electron chi connectivity index (χ2n) is 4.89. The second kappa shape index (κ2) is 7.66. The number of aromatic nitrogens is 2. The molecule has 1 fully saturated rings. The van der Waals surface area contributed by atoms with Crippen molar-refractivity contribution in [2.75, 3.05) is 12.8 Å². The van der Waals surface area contributed by atoms with Crippen molar-refractivity contribution in [2.24, 2.45) is 0 Å². The van der Waals surface area contributed by atoms with E-state index in [4.69, 9.17) is 0 Å². The molecule has 0 aliphatic carbocycles. The van der Waals surface area contributed by atoms with Gasteiger partial charge in [0.1, 0.15) is 0 Å². The number of nitrogens with zero attached hydrogens (tertiary/aromatic N) is 3. The van der Waals surface area contributed by atoms with Gasteiger partial charge in [0.05, 0.1) is 5.25 Å². The lowest BCUT2D eigenvalue weighted by atomic mass is 10.00. The smallest absolute Gasteiger partial charge is 0.236 e. The van der Waals surface area contributed by atoms with Crippen LogP contribution in [0.25, 0.3) is 0 Å². The summed E-state index contributed by atoms with van der Waals surface area (Å²) in [6.45, 7) is 5.06. The van der Waals surface area contributed by atoms with Crippen LogP contribution in [0.5, 0.6) is 0 Å². The van der Waals surface area contributed by atoms with E-state index in [9.17, 15) is 4.79 Å². The summed E-state index contributed by atoms with van der Waals surface area (Å²) in [4.78, 5) is 14.7. The van der Waals surface area contributed by atoms with Gasteiger partial charge in [-0.25, -0.2) is 0 Å². The van der Waals surface area contributed by atoms with Gasteiger partial charge in [0.2, 0.25) is 5.91 Å². The van der Waals surface area contributed by atoms with Gasteiger partial charge >= 0.3 is 0 Å². The van der Waals surface area contributed by atoms with Gasteiger partial charge in [-0.1, -0.05) is 41.8 Å². The summed E-state index contributed by atoms with van der Waals surface area (Å²) in [6.07, 6.45) is 6.57. The molecule has 0 aromatic carbocycles. The fraction of sp³-hybridized carbons (Fsp3) is 0.769. The summed E-state index contributed by atoms with van der Waals surface area (Å²) in [5.41, 5.74) is 0. The van der Waals surface area contributed by atoms with E-state index in [0.717, 1.165) is 34.5 Å². The molecular weight excluding hydrogens is 310 g/mol. The van der Waals surface area contributed by atoms with Gasteiger partial charge in [0.25, 0.3) is 0 Å². The zero-order chi connectivity index (χ0) is 14.5. The highest BCUT2D eigenvalue weighted by molar-refractivity contribution is 8.03. The molecule has 2 heterocycles. The summed E-state index contributed by atoms with van der Waals surface area (Å²) in [6, 6.07) is 0.426. The molecule has 112 valence electrons. The fourth-order valence-electron chi connectivity index (χ4n) is 2.48. The van der Waals surface area contributed by atoms with Gasteiger partial charge in [0.15, 0.2) is 8.68 Å². The van der Waals surface area contributed by atoms with Crippen LogP contribution in [0, 0.1) is 0 Å². The monoisotopic (exact) mass is 331 g/mol. The maximum Gasteiger partial charge on any atom is 0.236 e. The number of likely N-dealkylation sites (tertiary alicyclic amines) is 1. The molecule has 0 N–H and O–H groups in total. The molecule has 7 heteroatoms. The zero-order valence-electron chi connectivity index (χ0n) is 12.2. The van der Waals surface area contributed by atoms with Crippen molar-refractivity contribution in [3.63, 3.8) is 0 Å². The molecular formula is C13H21N3OS3. The van der Waals surface area contributed by atoms with Crippen molar-refractivity contribution in [1.82, 2.24) is 15.1 Å². The molecule has 0 radical (unpaired) electrons. The van der Waals surface area contributed by atoms with Gasteiger partial charge in [-0.2, -0.15) is 0 Å². The molecule has 1 saturated heterocycles. The Morgan fingerprint density at radius 3 is 2.85 bits per heavy atom. The number of hydrogen-bond acceptors (Lipinski definition) is 6. The topological polar surface area (TPSA) is 46.1 Å². The van der Waals surface area contributed by atoms with E-state index in [2.05, 4.69) is 22.0 Å². The lowest BCUT2D eigenvalue weighted by Gasteiger charge is -2.36. The van der Waals surface area contributed by atoms with E-state index < -0.39 is 0 Å². The van der Waals surface area contributed by atoms with Crippen molar-refractivity contribution in [3.05, 3.63) is 0 Å². The van der Waals surface area contributed by atoms with E-state index in [-0.39, 0.29) is 11.2 Å². The third kappa shape index (κ3) is 3.89. The molecule has 1 aromatic rings. The number of thioether (sulfide) groups is 2. The van der Waals surface area contributed by atoms with Crippen LogP contribution in [0.3, 0.4) is 0 Å². The van der Waals surface area contributed by atoms with Crippen molar-refractivity contribution in [3.8, 4) is 0 Å². The number of carbonyl (C=O) groups is 1. The van der Waals surface area contributed by atoms with E-state index in [1.165, 1.54) is 18.2 Å². The first kappa shape index (κ1) is 16.1. The summed E-state index contributed by atoms with van der Waals surface area (Å²) in [5, 5.41) is 8.13. The number of amides is 1. The zero-order valence-corrected chi connectivity index (χ0v) is 14.6. The maximum absolute atomic E-state index is 12.6. The summed E-state index contributed by atoms with van der Waals surface area (Å²) in [7, 11) is 0. The normalized spacial score (nSPS) is 20.9. The van der Waals surface area contributed by atoms with Crippen molar-refractivity contribution in [1.29, 1.82) is 0 Å². The van der Waals surface area contributed by atoms with Gasteiger partial charge in [-0.15, -0.1) is 10.2 Å². The number of carbonyl (C=O) groups excluding carboxylic acids is 1. The lowest BCUT2D eigenvalue weighted by Crippen LogP contribution is -2.46. The minimum absolute atomic E-state index is 0.0789. The fourth-order valence-corrected chi connectivity index (χ4v) is 5.13. The molecule has 0 bridgehead atoms. The molecule has 1 aliphatic heterocycles. The number of hydrogen-bond donors (Lipinski definition) is 0. The van der Waals surface area contributed by atoms with Crippen LogP contribution in [0.15, 0.2) is 8.68 Å². The first-order valence-electron chi connectivity index (χ1n) is 7.00. The molecule has 1 aliphatic rings. The first-order chi connectivity index (χ1) is 9.65. The van der Waals surface area contributed by atoms with Crippen LogP contribution in [-0.4, -0.2) is 45.1 Å². The Hall–Kier alpha value is -0.270. The van der Waals surface area contributed by atoms with E-state index >= 15 is 0 Å². The molecule has 2 rings (SSSR count). The van der Waals surface area contributed by atoms with Crippen molar-refractivity contribution >= 4 is 40.8 Å². The quantitative estimate of drug-likeness (QED) is 0.772. The van der Waals surface area contributed by atoms with Crippen molar-refractivity contribution < 1.29 is 4.79 Å². The van der Waals surface area contributed by atoms with Crippen LogP contribution in [0.4, 0.5) is 0 Å². The van der Waals surface area contributed by atoms with Gasteiger partial charge < -0.3 is 4.90 Å². The summed E-state index contributed by atoms with van der Waals surface area (Å²) in [5.74, 6) is 0.252. The predicted octanol–water partition coefficient (Wildman–Crippen LogP) is 3.53. The Bertz CT molecular complexity index is 452. The largest absolute Gasteiger partial charge is 0.339 e. The number of rotatable bonds is 5. The standard InChI is InChI=1S/C13H21N3OS3/c1-4-10-7-5-6-8-16(10)11(17)9(2)19-13-15-14-12(18-3)20-13/h9-10H,4-8H2,1-3H3. The van der Waals surface area contributed by atoms with Crippen LogP contribution >= 0.6 is 34.9 Å². The highest BCUT2D eigenvalue weighted by atomic mass is 32.2. The van der Waals surface area contributed by atoms with Crippen LogP contribution in [0.2, 0.25) is 0 Å². The third-order valence-electron chi connectivity index (χ3n) is 3.57. The Morgan fingerprint density at radius 2 is 2.20 bits per heavy atom. The molecule has 0 spiro atoms. The van der Waals surface area contributed by atoms with Crippen LogP contribution < -0.4 is 0 Å². The minimum atomic E-state index is -0.0789. The summed E-state index contributed by atoms with van der Waals surface area (Å²) < 4.78 is 1.84. The molecule has 0 saturated carbocycles. The summed E-state index contributed by atoms with van der Waals surface area (Å²) >= 11 is 4.69. The highest BCUT2D eigenvalue weighted by Crippen LogP contribution is 2.32. The van der Waals surface area contributed by atoms with Crippen LogP contribution in [0.1, 0.15) is 39.5 Å². The van der Waals surface area contributed by atoms with E-state index in [1.54, 1.807) is 23.1 Å². The molecule has 2 unspecified atom stereocenters. The van der Waals surface area contributed by atoms with E-state index in [0.29, 0.717) is 6.04 Å².